The van der Waals surface area contributed by atoms with Crippen LogP contribution in [-0.2, 0) is 7.05 Å². The molecule has 8 nitrogen and oxygen atoms in total. The molecule has 0 spiro atoms. The number of aryl methyl sites for hydroxylation is 1. The van der Waals surface area contributed by atoms with Gasteiger partial charge in [0, 0.05) is 13.2 Å². The third-order valence-electron chi connectivity index (χ3n) is 2.06. The van der Waals surface area contributed by atoms with Gasteiger partial charge in [0.1, 0.15) is 5.69 Å². The highest BCUT2D eigenvalue weighted by Gasteiger charge is 2.26. The first-order valence-electron chi connectivity index (χ1n) is 4.46. The average Bonchev–Trinajstić information content (AvgIpc) is 2.82. The Labute approximate surface area is 94.1 Å². The van der Waals surface area contributed by atoms with Crippen molar-refractivity contribution in [1.82, 2.24) is 14.8 Å². The van der Waals surface area contributed by atoms with Gasteiger partial charge in [-0.05, 0) is 6.07 Å². The van der Waals surface area contributed by atoms with E-state index in [0.717, 1.165) is 0 Å². The number of nitrogens with zero attached hydrogens (tertiary/aromatic N) is 3. The molecule has 0 atom stereocenters. The van der Waals surface area contributed by atoms with Gasteiger partial charge in [0.15, 0.2) is 0 Å². The highest BCUT2D eigenvalue weighted by molar-refractivity contribution is 5.98. The van der Waals surface area contributed by atoms with Crippen molar-refractivity contribution in [1.29, 1.82) is 0 Å². The van der Waals surface area contributed by atoms with Gasteiger partial charge in [-0.25, -0.2) is 9.59 Å². The molecule has 2 aromatic rings. The topological polar surface area (TPSA) is 118 Å². The molecular weight excluding hydrogens is 230 g/mol. The Bertz CT molecular complexity index is 566. The van der Waals surface area contributed by atoms with Gasteiger partial charge in [-0.2, -0.15) is 10.1 Å². The Balaban J connectivity index is 2.59. The number of carboxylic acids is 2. The van der Waals surface area contributed by atoms with Gasteiger partial charge in [-0.1, -0.05) is 0 Å². The van der Waals surface area contributed by atoms with Crippen LogP contribution in [0.3, 0.4) is 0 Å². The molecule has 8 heteroatoms. The van der Waals surface area contributed by atoms with Crippen molar-refractivity contribution in [3.05, 3.63) is 23.7 Å². The molecule has 0 radical (unpaired) electrons. The van der Waals surface area contributed by atoms with Gasteiger partial charge in [0.05, 0.1) is 0 Å². The molecular formula is C9H7N3O5. The molecule has 0 aliphatic carbocycles. The van der Waals surface area contributed by atoms with E-state index in [0.29, 0.717) is 5.69 Å². The maximum absolute atomic E-state index is 10.8. The molecule has 2 heterocycles. The van der Waals surface area contributed by atoms with Crippen molar-refractivity contribution in [3.63, 3.8) is 0 Å². The van der Waals surface area contributed by atoms with Crippen LogP contribution in [-0.4, -0.2) is 36.9 Å². The second-order valence-corrected chi connectivity index (χ2v) is 3.15. The maximum Gasteiger partial charge on any atom is 0.374 e. The minimum Gasteiger partial charge on any atom is -0.476 e. The van der Waals surface area contributed by atoms with Crippen LogP contribution >= 0.6 is 0 Å². The summed E-state index contributed by atoms with van der Waals surface area (Å²) in [6, 6.07) is 1.53. The zero-order valence-electron chi connectivity index (χ0n) is 8.62. The second-order valence-electron chi connectivity index (χ2n) is 3.15. The second kappa shape index (κ2) is 3.74. The van der Waals surface area contributed by atoms with Crippen molar-refractivity contribution in [3.8, 4) is 11.6 Å². The summed E-state index contributed by atoms with van der Waals surface area (Å²) in [5, 5.41) is 21.4. The van der Waals surface area contributed by atoms with E-state index in [1.165, 1.54) is 16.9 Å². The SMILES string of the molecule is Cn1nccc1-c1nc(C(=O)O)c(C(=O)O)o1. The highest BCUT2D eigenvalue weighted by atomic mass is 16.4. The van der Waals surface area contributed by atoms with Crippen LogP contribution in [0.5, 0.6) is 0 Å². The van der Waals surface area contributed by atoms with E-state index in [-0.39, 0.29) is 5.89 Å². The molecule has 88 valence electrons. The zero-order valence-corrected chi connectivity index (χ0v) is 8.62. The van der Waals surface area contributed by atoms with Gasteiger partial charge >= 0.3 is 11.9 Å². The molecule has 2 N–H and O–H groups in total. The maximum atomic E-state index is 10.8. The standard InChI is InChI=1S/C9H7N3O5/c1-12-4(2-3-10-12)7-11-5(8(13)14)6(17-7)9(15)16/h2-3H,1H3,(H,13,14)(H,15,16). The molecule has 17 heavy (non-hydrogen) atoms. The summed E-state index contributed by atoms with van der Waals surface area (Å²) in [5.74, 6) is -3.74. The van der Waals surface area contributed by atoms with Crippen LogP contribution in [0.4, 0.5) is 0 Å². The predicted molar refractivity (Wildman–Crippen MR) is 52.6 cm³/mol. The van der Waals surface area contributed by atoms with Gasteiger partial charge < -0.3 is 14.6 Å². The Morgan fingerprint density at radius 2 is 2.06 bits per heavy atom. The van der Waals surface area contributed by atoms with E-state index >= 15 is 0 Å². The molecule has 0 aliphatic heterocycles. The van der Waals surface area contributed by atoms with E-state index in [2.05, 4.69) is 10.1 Å². The van der Waals surface area contributed by atoms with E-state index < -0.39 is 23.4 Å². The molecule has 0 saturated carbocycles. The van der Waals surface area contributed by atoms with E-state index in [4.69, 9.17) is 14.6 Å². The van der Waals surface area contributed by atoms with Crippen molar-refractivity contribution in [2.45, 2.75) is 0 Å². The lowest BCUT2D eigenvalue weighted by Gasteiger charge is -1.94. The van der Waals surface area contributed by atoms with Crippen molar-refractivity contribution < 1.29 is 24.2 Å². The number of oxazole rings is 1. The lowest BCUT2D eigenvalue weighted by molar-refractivity contribution is 0.0624. The van der Waals surface area contributed by atoms with E-state index in [9.17, 15) is 9.59 Å². The number of hydrogen-bond acceptors (Lipinski definition) is 5. The Kier molecular flexibility index (Phi) is 2.39. The first-order chi connectivity index (χ1) is 8.00. The summed E-state index contributed by atoms with van der Waals surface area (Å²) in [6.07, 6.45) is 1.46. The number of aromatic nitrogens is 3. The number of carboxylic acid groups (broad SMARTS) is 2. The summed E-state index contributed by atoms with van der Waals surface area (Å²) >= 11 is 0. The molecule has 0 aliphatic rings. The highest BCUT2D eigenvalue weighted by Crippen LogP contribution is 2.21. The largest absolute Gasteiger partial charge is 0.476 e. The van der Waals surface area contributed by atoms with Crippen LogP contribution in [0, 0.1) is 0 Å². The lowest BCUT2D eigenvalue weighted by atomic mass is 10.3. The Hall–Kier alpha value is -2.64. The molecule has 2 aromatic heterocycles. The fourth-order valence-corrected chi connectivity index (χ4v) is 1.30. The fourth-order valence-electron chi connectivity index (χ4n) is 1.30. The van der Waals surface area contributed by atoms with E-state index in [1.54, 1.807) is 7.05 Å². The van der Waals surface area contributed by atoms with Crippen LogP contribution in [0.2, 0.25) is 0 Å². The monoisotopic (exact) mass is 237 g/mol. The molecule has 0 amide bonds. The van der Waals surface area contributed by atoms with Crippen molar-refractivity contribution >= 4 is 11.9 Å². The average molecular weight is 237 g/mol. The summed E-state index contributed by atoms with van der Waals surface area (Å²) in [7, 11) is 1.60. The number of rotatable bonds is 3. The fraction of sp³-hybridized carbons (Fsp3) is 0.111. The third kappa shape index (κ3) is 1.75. The first-order valence-corrected chi connectivity index (χ1v) is 4.46. The number of hydrogen-bond donors (Lipinski definition) is 2. The molecule has 0 unspecified atom stereocenters. The molecule has 2 rings (SSSR count). The summed E-state index contributed by atoms with van der Waals surface area (Å²) in [4.78, 5) is 25.2. The normalized spacial score (nSPS) is 10.4. The Morgan fingerprint density at radius 3 is 2.47 bits per heavy atom. The summed E-state index contributed by atoms with van der Waals surface area (Å²) < 4.78 is 6.30. The van der Waals surface area contributed by atoms with Crippen LogP contribution in [0.25, 0.3) is 11.6 Å². The van der Waals surface area contributed by atoms with E-state index in [1.807, 2.05) is 0 Å². The molecule has 0 fully saturated rings. The first kappa shape index (κ1) is 10.9. The smallest absolute Gasteiger partial charge is 0.374 e. The molecule has 0 bridgehead atoms. The van der Waals surface area contributed by atoms with Crippen LogP contribution in [0.1, 0.15) is 21.0 Å². The van der Waals surface area contributed by atoms with Crippen molar-refractivity contribution in [2.24, 2.45) is 7.05 Å². The third-order valence-corrected chi connectivity index (χ3v) is 2.06. The predicted octanol–water partition coefficient (Wildman–Crippen LogP) is 0.471. The number of carbonyl (C=O) groups is 2. The van der Waals surface area contributed by atoms with Gasteiger partial charge in [0.25, 0.3) is 0 Å². The lowest BCUT2D eigenvalue weighted by Crippen LogP contribution is -2.05. The molecule has 0 saturated heterocycles. The molecule has 0 aromatic carbocycles. The summed E-state index contributed by atoms with van der Waals surface area (Å²) in [6.45, 7) is 0. The Morgan fingerprint density at radius 1 is 1.35 bits per heavy atom. The minimum absolute atomic E-state index is 0.0974. The van der Waals surface area contributed by atoms with Gasteiger partial charge in [-0.15, -0.1) is 0 Å². The number of aromatic carboxylic acids is 2. The van der Waals surface area contributed by atoms with Crippen LogP contribution < -0.4 is 0 Å². The van der Waals surface area contributed by atoms with Crippen molar-refractivity contribution in [2.75, 3.05) is 0 Å². The quantitative estimate of drug-likeness (QED) is 0.796. The van der Waals surface area contributed by atoms with Gasteiger partial charge in [-0.3, -0.25) is 4.68 Å². The summed E-state index contributed by atoms with van der Waals surface area (Å²) in [5.41, 5.74) is -0.242. The zero-order chi connectivity index (χ0) is 12.6. The van der Waals surface area contributed by atoms with Crippen LogP contribution in [0.15, 0.2) is 16.7 Å². The van der Waals surface area contributed by atoms with Gasteiger partial charge in [0.2, 0.25) is 17.3 Å². The minimum atomic E-state index is -1.48.